The number of hydrogen-bond acceptors (Lipinski definition) is 6. The number of benzene rings is 2. The van der Waals surface area contributed by atoms with Crippen LogP contribution >= 0.6 is 0 Å². The van der Waals surface area contributed by atoms with Gasteiger partial charge in [-0.2, -0.15) is 0 Å². The van der Waals surface area contributed by atoms with Crippen LogP contribution in [-0.2, 0) is 20.7 Å². The van der Waals surface area contributed by atoms with Gasteiger partial charge in [-0.15, -0.1) is 0 Å². The molecule has 3 aliphatic carbocycles. The van der Waals surface area contributed by atoms with Gasteiger partial charge in [0.1, 0.15) is 11.9 Å². The van der Waals surface area contributed by atoms with Gasteiger partial charge in [-0.05, 0) is 111 Å². The summed E-state index contributed by atoms with van der Waals surface area (Å²) in [6.45, 7) is 3.96. The van der Waals surface area contributed by atoms with Crippen LogP contribution in [0.15, 0.2) is 30.3 Å². The SMILES string of the molecule is Cc1ccc(NC(=O)CCCCC(=O)OC2CCC3C4CCc5cc(O)ccc5C4CCC23C)c(O)c1C(N)=O. The van der Waals surface area contributed by atoms with E-state index in [9.17, 15) is 24.6 Å². The van der Waals surface area contributed by atoms with Gasteiger partial charge >= 0.3 is 5.97 Å². The standard InChI is InChI=1S/C32H40N2O6/c1-18-7-13-25(30(38)29(18)31(33)39)34-27(36)5-3-4-6-28(37)40-26-14-12-24-23-10-8-19-17-20(35)9-11-21(19)22(23)15-16-32(24,26)2/h7,9,11,13,17,22-24,26,35,38H,3-6,8,10,12,14-16H2,1-2H3,(H2,33,39)(H,34,36). The van der Waals surface area contributed by atoms with E-state index >= 15 is 0 Å². The van der Waals surface area contributed by atoms with Crippen molar-refractivity contribution in [1.29, 1.82) is 0 Å². The number of primary amides is 1. The van der Waals surface area contributed by atoms with Gasteiger partial charge in [0.15, 0.2) is 5.75 Å². The average molecular weight is 549 g/mol. The van der Waals surface area contributed by atoms with Crippen molar-refractivity contribution in [2.75, 3.05) is 5.32 Å². The maximum Gasteiger partial charge on any atom is 0.306 e. The number of amides is 2. The molecule has 0 aromatic heterocycles. The minimum atomic E-state index is -0.759. The van der Waals surface area contributed by atoms with Crippen molar-refractivity contribution >= 4 is 23.5 Å². The Labute approximate surface area is 235 Å². The largest absolute Gasteiger partial charge is 0.508 e. The van der Waals surface area contributed by atoms with Crippen LogP contribution in [0.25, 0.3) is 0 Å². The number of hydrogen-bond donors (Lipinski definition) is 4. The molecule has 8 nitrogen and oxygen atoms in total. The molecule has 40 heavy (non-hydrogen) atoms. The number of nitrogens with one attached hydrogen (secondary N) is 1. The number of rotatable bonds is 8. The summed E-state index contributed by atoms with van der Waals surface area (Å²) in [4.78, 5) is 36.8. The monoisotopic (exact) mass is 548 g/mol. The van der Waals surface area contributed by atoms with E-state index in [4.69, 9.17) is 10.5 Å². The quantitative estimate of drug-likeness (QED) is 0.196. The molecule has 5 N–H and O–H groups in total. The fourth-order valence-electron chi connectivity index (χ4n) is 7.80. The van der Waals surface area contributed by atoms with E-state index in [1.54, 1.807) is 13.0 Å². The zero-order valence-corrected chi connectivity index (χ0v) is 23.4. The first-order chi connectivity index (χ1) is 19.1. The van der Waals surface area contributed by atoms with Crippen molar-refractivity contribution < 1.29 is 29.3 Å². The Balaban J connectivity index is 1.09. The van der Waals surface area contributed by atoms with Crippen LogP contribution in [0.4, 0.5) is 5.69 Å². The van der Waals surface area contributed by atoms with E-state index < -0.39 is 5.91 Å². The summed E-state index contributed by atoms with van der Waals surface area (Å²) in [5, 5.41) is 22.8. The Kier molecular flexibility index (Phi) is 7.80. The van der Waals surface area contributed by atoms with E-state index in [2.05, 4.69) is 18.3 Å². The Bertz CT molecular complexity index is 1320. The second-order valence-corrected chi connectivity index (χ2v) is 12.2. The second-order valence-electron chi connectivity index (χ2n) is 12.2. The van der Waals surface area contributed by atoms with Gasteiger partial charge in [0, 0.05) is 18.3 Å². The lowest BCUT2D eigenvalue weighted by Gasteiger charge is -2.50. The summed E-state index contributed by atoms with van der Waals surface area (Å²) in [5.74, 6) is 0.371. The predicted molar refractivity (Wildman–Crippen MR) is 151 cm³/mol. The molecular weight excluding hydrogens is 508 g/mol. The van der Waals surface area contributed by atoms with Gasteiger partial charge in [-0.3, -0.25) is 14.4 Å². The molecule has 2 amide bonds. The number of ether oxygens (including phenoxy) is 1. The van der Waals surface area contributed by atoms with Crippen molar-refractivity contribution in [1.82, 2.24) is 0 Å². The molecule has 5 unspecified atom stereocenters. The number of aromatic hydroxyl groups is 2. The van der Waals surface area contributed by atoms with Crippen LogP contribution < -0.4 is 11.1 Å². The average Bonchev–Trinajstić information content (AvgIpc) is 3.23. The Morgan fingerprint density at radius 2 is 1.82 bits per heavy atom. The first-order valence-electron chi connectivity index (χ1n) is 14.5. The number of fused-ring (bicyclic) bond motifs is 5. The lowest BCUT2D eigenvalue weighted by atomic mass is 9.55. The third-order valence-corrected chi connectivity index (χ3v) is 9.84. The van der Waals surface area contributed by atoms with Crippen LogP contribution in [0.3, 0.4) is 0 Å². The zero-order chi connectivity index (χ0) is 28.6. The number of nitrogens with two attached hydrogens (primary N) is 1. The van der Waals surface area contributed by atoms with E-state index in [1.165, 1.54) is 17.2 Å². The highest BCUT2D eigenvalue weighted by molar-refractivity contribution is 6.01. The third-order valence-electron chi connectivity index (χ3n) is 9.84. The van der Waals surface area contributed by atoms with Crippen LogP contribution in [-0.4, -0.2) is 34.1 Å². The maximum atomic E-state index is 12.8. The molecule has 0 saturated heterocycles. The molecule has 0 aliphatic heterocycles. The molecule has 0 bridgehead atoms. The summed E-state index contributed by atoms with van der Waals surface area (Å²) in [6.07, 6.45) is 7.59. The van der Waals surface area contributed by atoms with Gasteiger partial charge in [0.05, 0.1) is 11.3 Å². The van der Waals surface area contributed by atoms with Gasteiger partial charge in [-0.1, -0.05) is 19.1 Å². The molecule has 0 radical (unpaired) electrons. The summed E-state index contributed by atoms with van der Waals surface area (Å²) >= 11 is 0. The highest BCUT2D eigenvalue weighted by atomic mass is 16.5. The van der Waals surface area contributed by atoms with Crippen molar-refractivity contribution in [3.05, 3.63) is 52.6 Å². The predicted octanol–water partition coefficient (Wildman–Crippen LogP) is 5.47. The van der Waals surface area contributed by atoms with Crippen molar-refractivity contribution in [2.45, 2.75) is 90.1 Å². The number of anilines is 1. The summed E-state index contributed by atoms with van der Waals surface area (Å²) < 4.78 is 6.06. The Morgan fingerprint density at radius 1 is 1.05 bits per heavy atom. The zero-order valence-electron chi connectivity index (χ0n) is 23.4. The minimum Gasteiger partial charge on any atom is -0.508 e. The Morgan fingerprint density at radius 3 is 2.60 bits per heavy atom. The highest BCUT2D eigenvalue weighted by Gasteiger charge is 2.56. The van der Waals surface area contributed by atoms with Crippen molar-refractivity contribution in [3.8, 4) is 11.5 Å². The van der Waals surface area contributed by atoms with Gasteiger partial charge in [-0.25, -0.2) is 0 Å². The lowest BCUT2D eigenvalue weighted by Crippen LogP contribution is -2.45. The number of carbonyl (C=O) groups is 3. The van der Waals surface area contributed by atoms with E-state index in [0.29, 0.717) is 41.9 Å². The van der Waals surface area contributed by atoms with E-state index in [0.717, 1.165) is 38.5 Å². The second kappa shape index (κ2) is 11.1. The molecule has 3 aliphatic rings. The Hall–Kier alpha value is -3.55. The smallest absolute Gasteiger partial charge is 0.306 e. The van der Waals surface area contributed by atoms with Crippen LogP contribution in [0, 0.1) is 24.2 Å². The van der Waals surface area contributed by atoms with Gasteiger partial charge < -0.3 is 26.0 Å². The number of unbranched alkanes of at least 4 members (excludes halogenated alkanes) is 1. The molecule has 0 spiro atoms. The molecule has 8 heteroatoms. The van der Waals surface area contributed by atoms with Crippen LogP contribution in [0.2, 0.25) is 0 Å². The van der Waals surface area contributed by atoms with Crippen LogP contribution in [0.1, 0.15) is 97.7 Å². The van der Waals surface area contributed by atoms with Gasteiger partial charge in [0.2, 0.25) is 5.91 Å². The number of carbonyl (C=O) groups excluding carboxylic acids is 3. The summed E-state index contributed by atoms with van der Waals surface area (Å²) in [7, 11) is 0. The third kappa shape index (κ3) is 5.28. The fourth-order valence-corrected chi connectivity index (χ4v) is 7.80. The van der Waals surface area contributed by atoms with Gasteiger partial charge in [0.25, 0.3) is 5.91 Å². The first kappa shape index (κ1) is 28.0. The lowest BCUT2D eigenvalue weighted by molar-refractivity contribution is -0.157. The molecule has 5 atom stereocenters. The molecule has 2 saturated carbocycles. The molecular formula is C32H40N2O6. The number of phenols is 2. The molecule has 214 valence electrons. The van der Waals surface area contributed by atoms with Crippen molar-refractivity contribution in [2.24, 2.45) is 23.0 Å². The molecule has 2 aromatic rings. The normalized spacial score (nSPS) is 26.8. The minimum absolute atomic E-state index is 0.00882. The number of aryl methyl sites for hydroxylation is 2. The van der Waals surface area contributed by atoms with Crippen molar-refractivity contribution in [3.63, 3.8) is 0 Å². The first-order valence-corrected chi connectivity index (χ1v) is 14.5. The van der Waals surface area contributed by atoms with E-state index in [-0.39, 0.29) is 53.2 Å². The fraction of sp³-hybridized carbons (Fsp3) is 0.531. The molecule has 5 rings (SSSR count). The topological polar surface area (TPSA) is 139 Å². The molecule has 2 aromatic carbocycles. The number of phenolic OH excluding ortho intramolecular Hbond substituents is 1. The van der Waals surface area contributed by atoms with Crippen LogP contribution in [0.5, 0.6) is 11.5 Å². The summed E-state index contributed by atoms with van der Waals surface area (Å²) in [6, 6.07) is 8.99. The van der Waals surface area contributed by atoms with E-state index in [1.807, 2.05) is 12.1 Å². The highest BCUT2D eigenvalue weighted by Crippen LogP contribution is 2.61. The molecule has 0 heterocycles. The number of esters is 1. The maximum absolute atomic E-state index is 12.8. The summed E-state index contributed by atoms with van der Waals surface area (Å²) in [5.41, 5.74) is 8.66. The molecule has 2 fully saturated rings.